The van der Waals surface area contributed by atoms with E-state index in [9.17, 15) is 9.59 Å². The van der Waals surface area contributed by atoms with Gasteiger partial charge in [0, 0.05) is 24.5 Å². The van der Waals surface area contributed by atoms with Gasteiger partial charge in [-0.2, -0.15) is 0 Å². The van der Waals surface area contributed by atoms with Crippen LogP contribution < -0.4 is 0 Å². The molecule has 4 rings (SSSR count). The molecule has 4 nitrogen and oxygen atoms in total. The topological polar surface area (TPSA) is 40.6 Å². The van der Waals surface area contributed by atoms with E-state index in [-0.39, 0.29) is 18.4 Å². The molecule has 24 heavy (non-hydrogen) atoms. The van der Waals surface area contributed by atoms with Crippen molar-refractivity contribution in [1.29, 1.82) is 0 Å². The highest BCUT2D eigenvalue weighted by molar-refractivity contribution is 6.31. The van der Waals surface area contributed by atoms with Crippen molar-refractivity contribution in [3.8, 4) is 0 Å². The van der Waals surface area contributed by atoms with E-state index in [4.69, 9.17) is 11.6 Å². The number of rotatable bonds is 2. The van der Waals surface area contributed by atoms with E-state index in [2.05, 4.69) is 0 Å². The molecule has 1 atom stereocenters. The number of carbonyl (C=O) groups excluding carboxylic acids is 2. The van der Waals surface area contributed by atoms with E-state index < -0.39 is 6.04 Å². The van der Waals surface area contributed by atoms with Crippen molar-refractivity contribution in [2.75, 3.05) is 6.54 Å². The second-order valence-electron chi connectivity index (χ2n) is 6.30. The normalized spacial score (nSPS) is 20.0. The van der Waals surface area contributed by atoms with E-state index in [1.807, 2.05) is 42.5 Å². The molecular weight excluding hydrogens is 324 g/mol. The number of halogens is 1. The van der Waals surface area contributed by atoms with Gasteiger partial charge in [0.05, 0.1) is 0 Å². The standard InChI is InChI=1S/C19H17ClN2O2/c20-16-8-4-3-7-15(16)10-21-12-18(23)22-11-14-6-2-1-5-13(14)9-17(22)19(21)24/h1-8,17H,9-12H2/t17-/m0/s1. The van der Waals surface area contributed by atoms with E-state index in [1.165, 1.54) is 0 Å². The summed E-state index contributed by atoms with van der Waals surface area (Å²) in [4.78, 5) is 28.8. The van der Waals surface area contributed by atoms with Gasteiger partial charge in [-0.25, -0.2) is 0 Å². The van der Waals surface area contributed by atoms with Gasteiger partial charge in [0.2, 0.25) is 11.8 Å². The third kappa shape index (κ3) is 2.57. The van der Waals surface area contributed by atoms with Gasteiger partial charge < -0.3 is 9.80 Å². The lowest BCUT2D eigenvalue weighted by Gasteiger charge is -2.43. The predicted molar refractivity (Wildman–Crippen MR) is 91.4 cm³/mol. The fourth-order valence-electron chi connectivity index (χ4n) is 3.51. The maximum atomic E-state index is 12.9. The molecule has 2 amide bonds. The fourth-order valence-corrected chi connectivity index (χ4v) is 3.71. The zero-order valence-corrected chi connectivity index (χ0v) is 13.9. The molecular formula is C19H17ClN2O2. The minimum atomic E-state index is -0.399. The molecule has 0 spiro atoms. The van der Waals surface area contributed by atoms with Crippen molar-refractivity contribution in [2.24, 2.45) is 0 Å². The molecule has 0 unspecified atom stereocenters. The van der Waals surface area contributed by atoms with Crippen molar-refractivity contribution in [3.05, 3.63) is 70.2 Å². The van der Waals surface area contributed by atoms with Crippen LogP contribution in [0.2, 0.25) is 5.02 Å². The van der Waals surface area contributed by atoms with Crippen LogP contribution in [0.15, 0.2) is 48.5 Å². The highest BCUT2D eigenvalue weighted by Crippen LogP contribution is 2.28. The highest BCUT2D eigenvalue weighted by Gasteiger charge is 2.41. The Hall–Kier alpha value is -2.33. The molecule has 2 aromatic carbocycles. The van der Waals surface area contributed by atoms with Crippen molar-refractivity contribution in [3.63, 3.8) is 0 Å². The van der Waals surface area contributed by atoms with Crippen LogP contribution in [0.5, 0.6) is 0 Å². The van der Waals surface area contributed by atoms with Crippen LogP contribution in [0.1, 0.15) is 16.7 Å². The number of amides is 2. The SMILES string of the molecule is O=C1[C@@H]2Cc3ccccc3CN2C(=O)CN1Cc1ccccc1Cl. The van der Waals surface area contributed by atoms with Crippen LogP contribution in [0.25, 0.3) is 0 Å². The summed E-state index contributed by atoms with van der Waals surface area (Å²) in [6.07, 6.45) is 0.583. The van der Waals surface area contributed by atoms with Crippen molar-refractivity contribution in [1.82, 2.24) is 9.80 Å². The van der Waals surface area contributed by atoms with Crippen molar-refractivity contribution < 1.29 is 9.59 Å². The largest absolute Gasteiger partial charge is 0.327 e. The zero-order chi connectivity index (χ0) is 16.7. The molecule has 2 aliphatic rings. The van der Waals surface area contributed by atoms with Gasteiger partial charge in [0.25, 0.3) is 0 Å². The minimum Gasteiger partial charge on any atom is -0.327 e. The van der Waals surface area contributed by atoms with E-state index >= 15 is 0 Å². The lowest BCUT2D eigenvalue weighted by molar-refractivity contribution is -0.157. The lowest BCUT2D eigenvalue weighted by Crippen LogP contribution is -2.61. The minimum absolute atomic E-state index is 0.00107. The van der Waals surface area contributed by atoms with Crippen LogP contribution in [-0.4, -0.2) is 34.2 Å². The first kappa shape index (κ1) is 15.2. The summed E-state index contributed by atoms with van der Waals surface area (Å²) in [5.41, 5.74) is 3.15. The number of piperazine rings is 1. The molecule has 1 saturated heterocycles. The third-order valence-corrected chi connectivity index (χ3v) is 5.18. The van der Waals surface area contributed by atoms with Gasteiger partial charge in [-0.15, -0.1) is 0 Å². The number of benzene rings is 2. The monoisotopic (exact) mass is 340 g/mol. The lowest BCUT2D eigenvalue weighted by atomic mass is 9.91. The Morgan fingerprint density at radius 2 is 1.67 bits per heavy atom. The Kier molecular flexibility index (Phi) is 3.77. The number of nitrogens with zero attached hydrogens (tertiary/aromatic N) is 2. The van der Waals surface area contributed by atoms with Crippen LogP contribution in [-0.2, 0) is 29.1 Å². The van der Waals surface area contributed by atoms with Crippen molar-refractivity contribution >= 4 is 23.4 Å². The molecule has 122 valence electrons. The first-order valence-electron chi connectivity index (χ1n) is 8.02. The molecule has 0 bridgehead atoms. The van der Waals surface area contributed by atoms with Crippen LogP contribution in [0, 0.1) is 0 Å². The molecule has 0 N–H and O–H groups in total. The summed E-state index contributed by atoms with van der Waals surface area (Å²) < 4.78 is 0. The van der Waals surface area contributed by atoms with E-state index in [0.29, 0.717) is 24.5 Å². The number of carbonyl (C=O) groups is 2. The molecule has 5 heteroatoms. The van der Waals surface area contributed by atoms with Gasteiger partial charge in [0.1, 0.15) is 12.6 Å². The summed E-state index contributed by atoms with van der Waals surface area (Å²) in [5, 5.41) is 0.620. The Morgan fingerprint density at radius 3 is 2.46 bits per heavy atom. The average Bonchev–Trinajstić information content (AvgIpc) is 2.60. The van der Waals surface area contributed by atoms with Gasteiger partial charge in [0.15, 0.2) is 0 Å². The molecule has 1 fully saturated rings. The van der Waals surface area contributed by atoms with E-state index in [1.54, 1.807) is 15.9 Å². The highest BCUT2D eigenvalue weighted by atomic mass is 35.5. The van der Waals surface area contributed by atoms with Gasteiger partial charge in [-0.3, -0.25) is 9.59 Å². The average molecular weight is 341 g/mol. The number of hydrogen-bond donors (Lipinski definition) is 0. The molecule has 0 aromatic heterocycles. The first-order chi connectivity index (χ1) is 11.6. The first-order valence-corrected chi connectivity index (χ1v) is 8.40. The van der Waals surface area contributed by atoms with Gasteiger partial charge in [-0.1, -0.05) is 54.1 Å². The Morgan fingerprint density at radius 1 is 0.958 bits per heavy atom. The summed E-state index contributed by atoms with van der Waals surface area (Å²) in [6, 6.07) is 15.1. The molecule has 0 radical (unpaired) electrons. The molecule has 0 aliphatic carbocycles. The second-order valence-corrected chi connectivity index (χ2v) is 6.70. The molecule has 0 saturated carbocycles. The third-order valence-electron chi connectivity index (χ3n) is 4.81. The quantitative estimate of drug-likeness (QED) is 0.843. The summed E-state index contributed by atoms with van der Waals surface area (Å²) >= 11 is 6.20. The Balaban J connectivity index is 1.60. The predicted octanol–water partition coefficient (Wildman–Crippen LogP) is 2.64. The molecule has 2 aromatic rings. The maximum absolute atomic E-state index is 12.9. The summed E-state index contributed by atoms with van der Waals surface area (Å²) in [7, 11) is 0. The number of fused-ring (bicyclic) bond motifs is 2. The number of hydrogen-bond acceptors (Lipinski definition) is 2. The van der Waals surface area contributed by atoms with E-state index in [0.717, 1.165) is 16.7 Å². The zero-order valence-electron chi connectivity index (χ0n) is 13.1. The second kappa shape index (κ2) is 5.95. The fraction of sp³-hybridized carbons (Fsp3) is 0.263. The molecule has 2 aliphatic heterocycles. The van der Waals surface area contributed by atoms with Gasteiger partial charge in [-0.05, 0) is 22.8 Å². The van der Waals surface area contributed by atoms with Crippen molar-refractivity contribution in [2.45, 2.75) is 25.6 Å². The summed E-state index contributed by atoms with van der Waals surface area (Å²) in [5.74, 6) is 0.00480. The van der Waals surface area contributed by atoms with Crippen LogP contribution in [0.4, 0.5) is 0 Å². The van der Waals surface area contributed by atoms with Crippen LogP contribution in [0.3, 0.4) is 0 Å². The maximum Gasteiger partial charge on any atom is 0.246 e. The Labute approximate surface area is 145 Å². The Bertz CT molecular complexity index is 821. The summed E-state index contributed by atoms with van der Waals surface area (Å²) in [6.45, 7) is 1.00. The van der Waals surface area contributed by atoms with Crippen LogP contribution >= 0.6 is 11.6 Å². The molecule has 2 heterocycles. The van der Waals surface area contributed by atoms with Gasteiger partial charge >= 0.3 is 0 Å². The smallest absolute Gasteiger partial charge is 0.246 e.